The van der Waals surface area contributed by atoms with Crippen molar-refractivity contribution >= 4 is 17.1 Å². The number of ether oxygens (including phenoxy) is 2. The highest BCUT2D eigenvalue weighted by molar-refractivity contribution is 5.62. The van der Waals surface area contributed by atoms with Crippen molar-refractivity contribution in [1.82, 2.24) is 0 Å². The molecule has 7 heteroatoms. The second-order valence-corrected chi connectivity index (χ2v) is 5.69. The van der Waals surface area contributed by atoms with Gasteiger partial charge in [0, 0.05) is 6.07 Å². The largest absolute Gasteiger partial charge is 0.494 e. The summed E-state index contributed by atoms with van der Waals surface area (Å²) in [4.78, 5) is 0. The van der Waals surface area contributed by atoms with E-state index in [-0.39, 0.29) is 0 Å². The van der Waals surface area contributed by atoms with E-state index in [0.717, 1.165) is 5.70 Å². The van der Waals surface area contributed by atoms with Gasteiger partial charge in [0.25, 0.3) is 0 Å². The van der Waals surface area contributed by atoms with Crippen molar-refractivity contribution in [1.29, 1.82) is 0 Å². The van der Waals surface area contributed by atoms with Gasteiger partial charge < -0.3 is 9.47 Å². The first-order valence-electron chi connectivity index (χ1n) is 9.07. The standard InChI is InChI=1S/C22H25N5O2/c1-5-7-11-17(10-6-2)23-24-18-14-15-20(22(16-18)29-4)26-27-25-19-12-8-9-13-21(19)28-3/h5-16H,1-4H3,(H,25,26)/b7-5-,10-6-,17-11+,24-23+. The lowest BCUT2D eigenvalue weighted by Crippen LogP contribution is -1.92. The molecule has 0 aliphatic rings. The second kappa shape index (κ2) is 11.9. The molecule has 0 fully saturated rings. The molecule has 1 N–H and O–H groups in total. The van der Waals surface area contributed by atoms with Crippen LogP contribution >= 0.6 is 0 Å². The van der Waals surface area contributed by atoms with Gasteiger partial charge in [0.2, 0.25) is 0 Å². The Morgan fingerprint density at radius 2 is 1.72 bits per heavy atom. The zero-order valence-electron chi connectivity index (χ0n) is 17.0. The lowest BCUT2D eigenvalue weighted by Gasteiger charge is -2.07. The number of anilines is 1. The molecule has 29 heavy (non-hydrogen) atoms. The zero-order valence-corrected chi connectivity index (χ0v) is 17.0. The third-order valence-electron chi connectivity index (χ3n) is 3.68. The minimum absolute atomic E-state index is 0.574. The van der Waals surface area contributed by atoms with Crippen LogP contribution in [0.3, 0.4) is 0 Å². The van der Waals surface area contributed by atoms with Crippen molar-refractivity contribution in [3.05, 3.63) is 78.5 Å². The lowest BCUT2D eigenvalue weighted by molar-refractivity contribution is 0.415. The van der Waals surface area contributed by atoms with Crippen LogP contribution in [-0.4, -0.2) is 14.2 Å². The summed E-state index contributed by atoms with van der Waals surface area (Å²) < 4.78 is 10.7. The summed E-state index contributed by atoms with van der Waals surface area (Å²) in [6, 6.07) is 12.8. The van der Waals surface area contributed by atoms with Gasteiger partial charge in [-0.25, -0.2) is 0 Å². The van der Waals surface area contributed by atoms with Crippen LogP contribution < -0.4 is 14.9 Å². The molecule has 0 heterocycles. The van der Waals surface area contributed by atoms with Crippen LogP contribution in [-0.2, 0) is 0 Å². The van der Waals surface area contributed by atoms with Crippen LogP contribution in [0.2, 0.25) is 0 Å². The van der Waals surface area contributed by atoms with E-state index >= 15 is 0 Å². The highest BCUT2D eigenvalue weighted by atomic mass is 16.5. The van der Waals surface area contributed by atoms with Crippen LogP contribution in [0.4, 0.5) is 17.1 Å². The summed E-state index contributed by atoms with van der Waals surface area (Å²) in [5.41, 5.74) is 5.56. The van der Waals surface area contributed by atoms with E-state index in [1.165, 1.54) is 0 Å². The van der Waals surface area contributed by atoms with Gasteiger partial charge in [-0.2, -0.15) is 10.2 Å². The highest BCUT2D eigenvalue weighted by Crippen LogP contribution is 2.31. The average Bonchev–Trinajstić information content (AvgIpc) is 2.76. The summed E-state index contributed by atoms with van der Waals surface area (Å²) in [5, 5.41) is 16.7. The van der Waals surface area contributed by atoms with Gasteiger partial charge >= 0.3 is 0 Å². The summed E-state index contributed by atoms with van der Waals surface area (Å²) in [6.45, 7) is 3.88. The van der Waals surface area contributed by atoms with E-state index in [4.69, 9.17) is 9.47 Å². The molecular weight excluding hydrogens is 366 g/mol. The maximum atomic E-state index is 5.42. The summed E-state index contributed by atoms with van der Waals surface area (Å²) in [7, 11) is 3.17. The van der Waals surface area contributed by atoms with Gasteiger partial charge in [0.05, 0.1) is 31.3 Å². The molecule has 0 bridgehead atoms. The predicted molar refractivity (Wildman–Crippen MR) is 116 cm³/mol. The number of rotatable bonds is 9. The molecule has 0 unspecified atom stereocenters. The van der Waals surface area contributed by atoms with Gasteiger partial charge in [-0.15, -0.1) is 5.11 Å². The maximum Gasteiger partial charge on any atom is 0.146 e. The fraction of sp³-hybridized carbons (Fsp3) is 0.182. The van der Waals surface area contributed by atoms with Crippen LogP contribution in [0.15, 0.2) is 99.1 Å². The van der Waals surface area contributed by atoms with Crippen molar-refractivity contribution < 1.29 is 9.47 Å². The summed E-state index contributed by atoms with van der Waals surface area (Å²) >= 11 is 0. The smallest absolute Gasteiger partial charge is 0.146 e. The number of nitrogens with one attached hydrogen (secondary N) is 1. The van der Waals surface area contributed by atoms with Crippen molar-refractivity contribution in [3.8, 4) is 11.5 Å². The SMILES string of the molecule is C\C=C/C=C(\C=C/C)/N=N/c1ccc(N/N=N/c2ccccc2OC)c(OC)c1. The monoisotopic (exact) mass is 391 g/mol. The number of para-hydroxylation sites is 1. The molecule has 0 aliphatic heterocycles. The minimum Gasteiger partial charge on any atom is -0.494 e. The van der Waals surface area contributed by atoms with Crippen LogP contribution in [0.5, 0.6) is 11.5 Å². The minimum atomic E-state index is 0.574. The van der Waals surface area contributed by atoms with Crippen molar-refractivity contribution in [2.75, 3.05) is 19.6 Å². The van der Waals surface area contributed by atoms with Gasteiger partial charge in [-0.1, -0.05) is 35.6 Å². The van der Waals surface area contributed by atoms with Gasteiger partial charge in [-0.05, 0) is 50.3 Å². The molecule has 2 rings (SSSR count). The Labute approximate surface area is 171 Å². The molecule has 0 aliphatic carbocycles. The summed E-state index contributed by atoms with van der Waals surface area (Å²) in [5.74, 6) is 1.22. The van der Waals surface area contributed by atoms with Crippen molar-refractivity contribution in [2.24, 2.45) is 20.6 Å². The fourth-order valence-corrected chi connectivity index (χ4v) is 2.28. The first-order valence-corrected chi connectivity index (χ1v) is 9.07. The number of hydrogen-bond acceptors (Lipinski definition) is 6. The quantitative estimate of drug-likeness (QED) is 0.286. The number of nitrogens with zero attached hydrogens (tertiary/aromatic N) is 4. The molecule has 0 amide bonds. The number of allylic oxidation sites excluding steroid dienone is 5. The van der Waals surface area contributed by atoms with Crippen molar-refractivity contribution in [2.45, 2.75) is 13.8 Å². The molecule has 150 valence electrons. The van der Waals surface area contributed by atoms with Crippen LogP contribution in [0, 0.1) is 0 Å². The molecule has 0 saturated carbocycles. The molecule has 0 atom stereocenters. The third-order valence-corrected chi connectivity index (χ3v) is 3.68. The molecular formula is C22H25N5O2. The molecule has 0 spiro atoms. The number of azo groups is 1. The molecule has 2 aromatic carbocycles. The van der Waals surface area contributed by atoms with E-state index in [1.54, 1.807) is 26.4 Å². The molecule has 2 aromatic rings. The Bertz CT molecular complexity index is 946. The molecule has 0 aromatic heterocycles. The van der Waals surface area contributed by atoms with Crippen molar-refractivity contribution in [3.63, 3.8) is 0 Å². The Hall–Kier alpha value is -3.74. The molecule has 0 radical (unpaired) electrons. The Morgan fingerprint density at radius 3 is 2.45 bits per heavy atom. The Kier molecular flexibility index (Phi) is 8.82. The lowest BCUT2D eigenvalue weighted by atomic mass is 10.2. The van der Waals surface area contributed by atoms with E-state index in [0.29, 0.717) is 28.6 Å². The predicted octanol–water partition coefficient (Wildman–Crippen LogP) is 6.93. The fourth-order valence-electron chi connectivity index (χ4n) is 2.28. The maximum absolute atomic E-state index is 5.42. The number of hydrogen-bond donors (Lipinski definition) is 1. The first-order chi connectivity index (χ1) is 14.2. The first kappa shape index (κ1) is 21.6. The van der Waals surface area contributed by atoms with E-state index in [9.17, 15) is 0 Å². The van der Waals surface area contributed by atoms with E-state index < -0.39 is 0 Å². The molecule has 7 nitrogen and oxygen atoms in total. The second-order valence-electron chi connectivity index (χ2n) is 5.69. The normalized spacial score (nSPS) is 12.5. The average molecular weight is 391 g/mol. The topological polar surface area (TPSA) is 79.9 Å². The van der Waals surface area contributed by atoms with Crippen LogP contribution in [0.25, 0.3) is 0 Å². The number of benzene rings is 2. The Balaban J connectivity index is 2.16. The summed E-state index contributed by atoms with van der Waals surface area (Å²) in [6.07, 6.45) is 9.52. The third kappa shape index (κ3) is 6.73. The van der Waals surface area contributed by atoms with Gasteiger partial charge in [0.1, 0.15) is 17.2 Å². The van der Waals surface area contributed by atoms with Crippen LogP contribution in [0.1, 0.15) is 13.8 Å². The highest BCUT2D eigenvalue weighted by Gasteiger charge is 2.04. The zero-order chi connectivity index (χ0) is 20.9. The number of methoxy groups -OCH3 is 2. The molecule has 0 saturated heterocycles. The van der Waals surface area contributed by atoms with E-state index in [1.807, 2.05) is 74.6 Å². The van der Waals surface area contributed by atoms with E-state index in [2.05, 4.69) is 26.0 Å². The Morgan fingerprint density at radius 1 is 0.931 bits per heavy atom. The van der Waals surface area contributed by atoms with Gasteiger partial charge in [-0.3, -0.25) is 5.43 Å². The van der Waals surface area contributed by atoms with Gasteiger partial charge in [0.15, 0.2) is 0 Å².